The molecule has 2 atom stereocenters. The van der Waals surface area contributed by atoms with Crippen molar-refractivity contribution in [1.82, 2.24) is 10.2 Å². The van der Waals surface area contributed by atoms with Crippen molar-refractivity contribution >= 4 is 23.2 Å². The Balaban J connectivity index is 2.09. The summed E-state index contributed by atoms with van der Waals surface area (Å²) in [6.07, 6.45) is 2.21. The van der Waals surface area contributed by atoms with Gasteiger partial charge in [0.1, 0.15) is 5.75 Å². The molecule has 1 aliphatic rings. The van der Waals surface area contributed by atoms with Crippen molar-refractivity contribution in [3.63, 3.8) is 0 Å². The van der Waals surface area contributed by atoms with Crippen LogP contribution in [0.3, 0.4) is 0 Å². The number of amides is 2. The Labute approximate surface area is 149 Å². The van der Waals surface area contributed by atoms with Crippen LogP contribution in [-0.4, -0.2) is 56.0 Å². The minimum Gasteiger partial charge on any atom is -0.495 e. The molecule has 0 spiro atoms. The number of carbonyl (C=O) groups is 2. The molecule has 1 aliphatic heterocycles. The molecule has 1 fully saturated rings. The summed E-state index contributed by atoms with van der Waals surface area (Å²) in [4.78, 5) is 26.1. The van der Waals surface area contributed by atoms with E-state index in [0.717, 1.165) is 25.9 Å². The molecular formula is C18H28N4O3. The number of likely N-dealkylation sites (N-methyl/N-ethyl adjacent to an activating group) is 1. The lowest BCUT2D eigenvalue weighted by molar-refractivity contribution is -0.121. The molecule has 1 aromatic rings. The second-order valence-electron chi connectivity index (χ2n) is 6.38. The first kappa shape index (κ1) is 19.2. The number of methoxy groups -OCH3 is 1. The first-order valence-corrected chi connectivity index (χ1v) is 8.62. The van der Waals surface area contributed by atoms with E-state index in [1.54, 1.807) is 25.3 Å². The standard InChI is InChI=1S/C18H28N4O3/c1-12(22-9-5-6-15(11-22)19-3)18(24)21-16-10-14(20-13(2)23)7-8-17(16)25-4/h7-8,10,12,15,19H,5-6,9,11H2,1-4H3,(H,20,23)(H,21,24). The highest BCUT2D eigenvalue weighted by molar-refractivity contribution is 5.97. The maximum Gasteiger partial charge on any atom is 0.241 e. The molecule has 3 N–H and O–H groups in total. The number of nitrogens with one attached hydrogen (secondary N) is 3. The molecule has 7 heteroatoms. The number of piperidine rings is 1. The van der Waals surface area contributed by atoms with Crippen molar-refractivity contribution in [1.29, 1.82) is 0 Å². The van der Waals surface area contributed by atoms with E-state index >= 15 is 0 Å². The second-order valence-corrected chi connectivity index (χ2v) is 6.38. The van der Waals surface area contributed by atoms with Gasteiger partial charge in [-0.25, -0.2) is 0 Å². The van der Waals surface area contributed by atoms with Gasteiger partial charge < -0.3 is 20.7 Å². The van der Waals surface area contributed by atoms with E-state index in [2.05, 4.69) is 20.9 Å². The number of benzene rings is 1. The molecule has 2 rings (SSSR count). The number of likely N-dealkylation sites (tertiary alicyclic amines) is 1. The van der Waals surface area contributed by atoms with Gasteiger partial charge in [0.05, 0.1) is 18.8 Å². The molecule has 2 unspecified atom stereocenters. The minimum absolute atomic E-state index is 0.0879. The molecular weight excluding hydrogens is 320 g/mol. The van der Waals surface area contributed by atoms with Gasteiger partial charge in [0.15, 0.2) is 0 Å². The van der Waals surface area contributed by atoms with Crippen LogP contribution in [0.1, 0.15) is 26.7 Å². The molecule has 7 nitrogen and oxygen atoms in total. The molecule has 1 heterocycles. The van der Waals surface area contributed by atoms with Crippen LogP contribution in [0.4, 0.5) is 11.4 Å². The van der Waals surface area contributed by atoms with E-state index in [9.17, 15) is 9.59 Å². The smallest absolute Gasteiger partial charge is 0.241 e. The van der Waals surface area contributed by atoms with Crippen LogP contribution in [0.5, 0.6) is 5.75 Å². The third kappa shape index (κ3) is 5.17. The Morgan fingerprint density at radius 2 is 2.08 bits per heavy atom. The van der Waals surface area contributed by atoms with Crippen molar-refractivity contribution in [2.24, 2.45) is 0 Å². The number of carbonyl (C=O) groups excluding carboxylic acids is 2. The van der Waals surface area contributed by atoms with Crippen LogP contribution in [0, 0.1) is 0 Å². The van der Waals surface area contributed by atoms with Crippen LogP contribution >= 0.6 is 0 Å². The van der Waals surface area contributed by atoms with E-state index in [1.165, 1.54) is 6.92 Å². The summed E-state index contributed by atoms with van der Waals surface area (Å²) in [6, 6.07) is 5.34. The Kier molecular flexibility index (Phi) is 6.78. The first-order valence-electron chi connectivity index (χ1n) is 8.62. The SMILES string of the molecule is CNC1CCCN(C(C)C(=O)Nc2cc(NC(C)=O)ccc2OC)C1. The lowest BCUT2D eigenvalue weighted by Crippen LogP contribution is -2.51. The van der Waals surface area contributed by atoms with E-state index in [0.29, 0.717) is 23.2 Å². The fourth-order valence-electron chi connectivity index (χ4n) is 3.08. The van der Waals surface area contributed by atoms with Gasteiger partial charge in [0.25, 0.3) is 0 Å². The van der Waals surface area contributed by atoms with Gasteiger partial charge in [-0.3, -0.25) is 14.5 Å². The lowest BCUT2D eigenvalue weighted by atomic mass is 10.0. The highest BCUT2D eigenvalue weighted by Crippen LogP contribution is 2.28. The summed E-state index contributed by atoms with van der Waals surface area (Å²) in [7, 11) is 3.51. The van der Waals surface area contributed by atoms with Crippen LogP contribution in [0.25, 0.3) is 0 Å². The van der Waals surface area contributed by atoms with E-state index in [-0.39, 0.29) is 17.9 Å². The number of hydrogen-bond acceptors (Lipinski definition) is 5. The Bertz CT molecular complexity index is 620. The fourth-order valence-corrected chi connectivity index (χ4v) is 3.08. The van der Waals surface area contributed by atoms with Crippen molar-refractivity contribution < 1.29 is 14.3 Å². The summed E-state index contributed by atoms with van der Waals surface area (Å²) < 4.78 is 5.31. The highest BCUT2D eigenvalue weighted by Gasteiger charge is 2.27. The first-order chi connectivity index (χ1) is 11.9. The van der Waals surface area contributed by atoms with E-state index in [1.807, 2.05) is 14.0 Å². The molecule has 0 bridgehead atoms. The molecule has 138 valence electrons. The number of anilines is 2. The summed E-state index contributed by atoms with van der Waals surface area (Å²) in [6.45, 7) is 5.13. The zero-order valence-corrected chi connectivity index (χ0v) is 15.4. The zero-order valence-electron chi connectivity index (χ0n) is 15.4. The van der Waals surface area contributed by atoms with Crippen molar-refractivity contribution in [2.45, 2.75) is 38.8 Å². The molecule has 25 heavy (non-hydrogen) atoms. The maximum absolute atomic E-state index is 12.7. The third-order valence-electron chi connectivity index (χ3n) is 4.57. The molecule has 0 aliphatic carbocycles. The predicted octanol–water partition coefficient (Wildman–Crippen LogP) is 1.66. The topological polar surface area (TPSA) is 82.7 Å². The Morgan fingerprint density at radius 3 is 2.72 bits per heavy atom. The predicted molar refractivity (Wildman–Crippen MR) is 99.0 cm³/mol. The lowest BCUT2D eigenvalue weighted by Gasteiger charge is -2.36. The molecule has 0 radical (unpaired) electrons. The Hall–Kier alpha value is -2.12. The maximum atomic E-state index is 12.7. The van der Waals surface area contributed by atoms with Crippen LogP contribution in [0.15, 0.2) is 18.2 Å². The molecule has 1 saturated heterocycles. The second kappa shape index (κ2) is 8.82. The monoisotopic (exact) mass is 348 g/mol. The summed E-state index contributed by atoms with van der Waals surface area (Å²) in [5, 5.41) is 8.93. The number of rotatable bonds is 6. The van der Waals surface area contributed by atoms with Crippen LogP contribution in [0.2, 0.25) is 0 Å². The normalized spacial score (nSPS) is 19.1. The third-order valence-corrected chi connectivity index (χ3v) is 4.57. The van der Waals surface area contributed by atoms with E-state index < -0.39 is 0 Å². The zero-order chi connectivity index (χ0) is 18.4. The summed E-state index contributed by atoms with van der Waals surface area (Å²) >= 11 is 0. The summed E-state index contributed by atoms with van der Waals surface area (Å²) in [5.74, 6) is 0.304. The quantitative estimate of drug-likeness (QED) is 0.728. The average Bonchev–Trinajstić information content (AvgIpc) is 2.60. The van der Waals surface area contributed by atoms with Crippen LogP contribution < -0.4 is 20.7 Å². The molecule has 0 aromatic heterocycles. The van der Waals surface area contributed by atoms with Crippen molar-refractivity contribution in [3.8, 4) is 5.75 Å². The summed E-state index contributed by atoms with van der Waals surface area (Å²) in [5.41, 5.74) is 1.16. The van der Waals surface area contributed by atoms with Crippen molar-refractivity contribution in [2.75, 3.05) is 37.9 Å². The Morgan fingerprint density at radius 1 is 1.32 bits per heavy atom. The fraction of sp³-hybridized carbons (Fsp3) is 0.556. The number of ether oxygens (including phenoxy) is 1. The van der Waals surface area contributed by atoms with Gasteiger partial charge in [-0.15, -0.1) is 0 Å². The van der Waals surface area contributed by atoms with Gasteiger partial charge in [-0.05, 0) is 51.6 Å². The average molecular weight is 348 g/mol. The van der Waals surface area contributed by atoms with Gasteiger partial charge in [0, 0.05) is 25.2 Å². The van der Waals surface area contributed by atoms with Crippen LogP contribution in [-0.2, 0) is 9.59 Å². The largest absolute Gasteiger partial charge is 0.495 e. The molecule has 2 amide bonds. The molecule has 1 aromatic carbocycles. The molecule has 0 saturated carbocycles. The van der Waals surface area contributed by atoms with Crippen molar-refractivity contribution in [3.05, 3.63) is 18.2 Å². The number of hydrogen-bond donors (Lipinski definition) is 3. The highest BCUT2D eigenvalue weighted by atomic mass is 16.5. The minimum atomic E-state index is -0.245. The van der Waals surface area contributed by atoms with Gasteiger partial charge >= 0.3 is 0 Å². The van der Waals surface area contributed by atoms with Gasteiger partial charge in [-0.2, -0.15) is 0 Å². The van der Waals surface area contributed by atoms with Gasteiger partial charge in [-0.1, -0.05) is 0 Å². The van der Waals surface area contributed by atoms with Gasteiger partial charge in [0.2, 0.25) is 11.8 Å². The number of nitrogens with zero attached hydrogens (tertiary/aromatic N) is 1. The van der Waals surface area contributed by atoms with E-state index in [4.69, 9.17) is 4.74 Å².